The van der Waals surface area contributed by atoms with Crippen molar-refractivity contribution in [2.45, 2.75) is 26.4 Å². The highest BCUT2D eigenvalue weighted by molar-refractivity contribution is 6.05. The number of halogens is 3. The third-order valence-electron chi connectivity index (χ3n) is 3.40. The van der Waals surface area contributed by atoms with E-state index in [0.717, 1.165) is 17.3 Å². The molecule has 0 spiro atoms. The highest BCUT2D eigenvalue weighted by atomic mass is 19.4. The van der Waals surface area contributed by atoms with Crippen LogP contribution in [-0.2, 0) is 13.2 Å². The minimum Gasteiger partial charge on any atom is -0.494 e. The second kappa shape index (κ2) is 7.58. The molecule has 0 saturated heterocycles. The standard InChI is InChI=1S/C17H20F3N3O2/c1-11(2)7-8-25-13-6-4-5-12(9-13)21-16(24)14-10-23(3)22-15(14)17(18,19)20/h4-6,9-11H,7-8H2,1-3H3,(H,21,24). The number of rotatable bonds is 6. The normalized spacial score (nSPS) is 11.6. The van der Waals surface area contributed by atoms with Crippen molar-refractivity contribution in [3.63, 3.8) is 0 Å². The number of carbonyl (C=O) groups is 1. The SMILES string of the molecule is CC(C)CCOc1cccc(NC(=O)c2cn(C)nc2C(F)(F)F)c1. The number of aryl methyl sites for hydroxylation is 1. The Morgan fingerprint density at radius 1 is 1.36 bits per heavy atom. The predicted octanol–water partition coefficient (Wildman–Crippen LogP) is 4.12. The number of nitrogens with zero attached hydrogens (tertiary/aromatic N) is 2. The third kappa shape index (κ3) is 5.23. The number of alkyl halides is 3. The Bertz CT molecular complexity index is 739. The zero-order valence-electron chi connectivity index (χ0n) is 14.2. The quantitative estimate of drug-likeness (QED) is 0.848. The van der Waals surface area contributed by atoms with Gasteiger partial charge in [0.25, 0.3) is 5.91 Å². The maximum Gasteiger partial charge on any atom is 0.435 e. The lowest BCUT2D eigenvalue weighted by molar-refractivity contribution is -0.141. The summed E-state index contributed by atoms with van der Waals surface area (Å²) in [5, 5.41) is 5.78. The van der Waals surface area contributed by atoms with Crippen LogP contribution in [0.25, 0.3) is 0 Å². The fourth-order valence-electron chi connectivity index (χ4n) is 2.14. The van der Waals surface area contributed by atoms with E-state index in [4.69, 9.17) is 4.74 Å². The van der Waals surface area contributed by atoms with Crippen molar-refractivity contribution in [2.24, 2.45) is 13.0 Å². The van der Waals surface area contributed by atoms with E-state index in [9.17, 15) is 18.0 Å². The van der Waals surface area contributed by atoms with Crippen LogP contribution in [0, 0.1) is 5.92 Å². The van der Waals surface area contributed by atoms with Gasteiger partial charge < -0.3 is 10.1 Å². The topological polar surface area (TPSA) is 56.1 Å². The van der Waals surface area contributed by atoms with Crippen LogP contribution in [-0.4, -0.2) is 22.3 Å². The molecule has 1 N–H and O–H groups in total. The highest BCUT2D eigenvalue weighted by Crippen LogP contribution is 2.31. The average molecular weight is 355 g/mol. The molecule has 0 aliphatic carbocycles. The first-order valence-electron chi connectivity index (χ1n) is 7.82. The van der Waals surface area contributed by atoms with Crippen LogP contribution in [0.5, 0.6) is 5.75 Å². The van der Waals surface area contributed by atoms with Crippen molar-refractivity contribution in [1.29, 1.82) is 0 Å². The molecule has 0 saturated carbocycles. The summed E-state index contributed by atoms with van der Waals surface area (Å²) < 4.78 is 45.4. The summed E-state index contributed by atoms with van der Waals surface area (Å²) in [5.41, 5.74) is -1.39. The predicted molar refractivity (Wildman–Crippen MR) is 87.6 cm³/mol. The molecule has 2 rings (SSSR count). The fourth-order valence-corrected chi connectivity index (χ4v) is 2.14. The van der Waals surface area contributed by atoms with Gasteiger partial charge in [0.2, 0.25) is 0 Å². The van der Waals surface area contributed by atoms with Gasteiger partial charge in [-0.3, -0.25) is 9.48 Å². The Morgan fingerprint density at radius 3 is 2.72 bits per heavy atom. The molecule has 1 aromatic carbocycles. The smallest absolute Gasteiger partial charge is 0.435 e. The molecular weight excluding hydrogens is 335 g/mol. The molecule has 1 heterocycles. The minimum absolute atomic E-state index is 0.351. The molecule has 5 nitrogen and oxygen atoms in total. The van der Waals surface area contributed by atoms with E-state index in [0.29, 0.717) is 24.0 Å². The maximum absolute atomic E-state index is 13.0. The van der Waals surface area contributed by atoms with E-state index in [2.05, 4.69) is 24.3 Å². The molecule has 0 atom stereocenters. The lowest BCUT2D eigenvalue weighted by atomic mass is 10.1. The molecular formula is C17H20F3N3O2. The van der Waals surface area contributed by atoms with Crippen LogP contribution in [0.1, 0.15) is 36.3 Å². The Kier molecular flexibility index (Phi) is 5.71. The summed E-state index contributed by atoms with van der Waals surface area (Å²) in [7, 11) is 1.33. The Hall–Kier alpha value is -2.51. The molecule has 0 bridgehead atoms. The molecule has 8 heteroatoms. The molecule has 1 amide bonds. The number of hydrogen-bond donors (Lipinski definition) is 1. The van der Waals surface area contributed by atoms with Gasteiger partial charge in [0.05, 0.1) is 12.2 Å². The van der Waals surface area contributed by atoms with Gasteiger partial charge in [0, 0.05) is 25.0 Å². The van der Waals surface area contributed by atoms with Crippen LogP contribution in [0.15, 0.2) is 30.5 Å². The number of amides is 1. The second-order valence-electron chi connectivity index (χ2n) is 6.08. The van der Waals surface area contributed by atoms with E-state index in [1.54, 1.807) is 24.3 Å². The fraction of sp³-hybridized carbons (Fsp3) is 0.412. The number of ether oxygens (including phenoxy) is 1. The molecule has 2 aromatic rings. The van der Waals surface area contributed by atoms with Crippen LogP contribution in [0.2, 0.25) is 0 Å². The van der Waals surface area contributed by atoms with Crippen LogP contribution in [0.4, 0.5) is 18.9 Å². The summed E-state index contributed by atoms with van der Waals surface area (Å²) in [6.45, 7) is 4.67. The summed E-state index contributed by atoms with van der Waals surface area (Å²) >= 11 is 0. The highest BCUT2D eigenvalue weighted by Gasteiger charge is 2.39. The molecule has 0 fully saturated rings. The molecule has 1 aromatic heterocycles. The largest absolute Gasteiger partial charge is 0.494 e. The Morgan fingerprint density at radius 2 is 2.08 bits per heavy atom. The van der Waals surface area contributed by atoms with Crippen LogP contribution in [0.3, 0.4) is 0 Å². The van der Waals surface area contributed by atoms with Crippen molar-refractivity contribution in [3.05, 3.63) is 41.7 Å². The van der Waals surface area contributed by atoms with Crippen LogP contribution >= 0.6 is 0 Å². The zero-order valence-corrected chi connectivity index (χ0v) is 14.2. The minimum atomic E-state index is -4.70. The van der Waals surface area contributed by atoms with Crippen molar-refractivity contribution in [2.75, 3.05) is 11.9 Å². The Balaban J connectivity index is 2.11. The maximum atomic E-state index is 13.0. The van der Waals surface area contributed by atoms with E-state index >= 15 is 0 Å². The molecule has 25 heavy (non-hydrogen) atoms. The molecule has 0 unspecified atom stereocenters. The van der Waals surface area contributed by atoms with Gasteiger partial charge >= 0.3 is 6.18 Å². The summed E-state index contributed by atoms with van der Waals surface area (Å²) in [4.78, 5) is 12.2. The van der Waals surface area contributed by atoms with Gasteiger partial charge in [-0.2, -0.15) is 18.3 Å². The first-order chi connectivity index (χ1) is 11.7. The molecule has 136 valence electrons. The number of carbonyl (C=O) groups excluding carboxylic acids is 1. The van der Waals surface area contributed by atoms with Gasteiger partial charge in [-0.25, -0.2) is 0 Å². The molecule has 0 radical (unpaired) electrons. The first kappa shape index (κ1) is 18.8. The summed E-state index contributed by atoms with van der Waals surface area (Å²) in [6, 6.07) is 6.54. The van der Waals surface area contributed by atoms with E-state index in [-0.39, 0.29) is 0 Å². The number of anilines is 1. The van der Waals surface area contributed by atoms with Gasteiger partial charge in [-0.15, -0.1) is 0 Å². The van der Waals surface area contributed by atoms with Crippen molar-refractivity contribution in [1.82, 2.24) is 9.78 Å². The number of benzene rings is 1. The van der Waals surface area contributed by atoms with E-state index in [1.165, 1.54) is 7.05 Å². The van der Waals surface area contributed by atoms with Crippen molar-refractivity contribution >= 4 is 11.6 Å². The number of aromatic nitrogens is 2. The van der Waals surface area contributed by atoms with Crippen LogP contribution < -0.4 is 10.1 Å². The first-order valence-corrected chi connectivity index (χ1v) is 7.82. The summed E-state index contributed by atoms with van der Waals surface area (Å²) in [6.07, 6.45) is -2.78. The second-order valence-corrected chi connectivity index (χ2v) is 6.08. The van der Waals surface area contributed by atoms with Gasteiger partial charge in [0.1, 0.15) is 5.75 Å². The molecule has 0 aliphatic heterocycles. The number of hydrogen-bond acceptors (Lipinski definition) is 3. The van der Waals surface area contributed by atoms with Gasteiger partial charge in [-0.1, -0.05) is 19.9 Å². The molecule has 0 aliphatic rings. The average Bonchev–Trinajstić information content (AvgIpc) is 2.90. The monoisotopic (exact) mass is 355 g/mol. The van der Waals surface area contributed by atoms with E-state index < -0.39 is 23.3 Å². The van der Waals surface area contributed by atoms with Crippen molar-refractivity contribution in [3.8, 4) is 5.75 Å². The number of nitrogens with one attached hydrogen (secondary N) is 1. The Labute approximate surface area is 143 Å². The van der Waals surface area contributed by atoms with Gasteiger partial charge in [0.15, 0.2) is 5.69 Å². The zero-order chi connectivity index (χ0) is 18.6. The van der Waals surface area contributed by atoms with E-state index in [1.807, 2.05) is 0 Å². The summed E-state index contributed by atoms with van der Waals surface area (Å²) in [5.74, 6) is 0.162. The van der Waals surface area contributed by atoms with Gasteiger partial charge in [-0.05, 0) is 24.5 Å². The third-order valence-corrected chi connectivity index (χ3v) is 3.40. The lowest BCUT2D eigenvalue weighted by Gasteiger charge is -2.10. The lowest BCUT2D eigenvalue weighted by Crippen LogP contribution is -2.17. The van der Waals surface area contributed by atoms with Crippen molar-refractivity contribution < 1.29 is 22.7 Å².